The van der Waals surface area contributed by atoms with Crippen LogP contribution in [0.25, 0.3) is 0 Å². The van der Waals surface area contributed by atoms with Crippen LogP contribution in [0.5, 0.6) is 11.5 Å². The largest absolute Gasteiger partial charge is 0.487 e. The average molecular weight is 386 g/mol. The summed E-state index contributed by atoms with van der Waals surface area (Å²) >= 11 is 0. The number of fused-ring (bicyclic) bond motifs is 1. The molecule has 0 spiro atoms. The summed E-state index contributed by atoms with van der Waals surface area (Å²) in [6, 6.07) is 16.7. The van der Waals surface area contributed by atoms with E-state index in [0.29, 0.717) is 58.8 Å². The molecule has 3 rings (SSSR count). The maximum atomic E-state index is 5.96. The molecule has 0 aromatic heterocycles. The standard InChI is InChI=1S/C23H30O5/c1-19(21-5-3-2-4-6-21)17-20-7-8-22-23(18-20)28-16-14-26-12-10-24-9-11-25-13-15-27-22/h2-8,18-19H,9-17H2,1H3. The van der Waals surface area contributed by atoms with Crippen molar-refractivity contribution in [3.8, 4) is 11.5 Å². The molecule has 1 aliphatic heterocycles. The smallest absolute Gasteiger partial charge is 0.161 e. The minimum atomic E-state index is 0.430. The van der Waals surface area contributed by atoms with E-state index in [2.05, 4.69) is 43.3 Å². The van der Waals surface area contributed by atoms with Crippen LogP contribution in [0.4, 0.5) is 0 Å². The lowest BCUT2D eigenvalue weighted by Crippen LogP contribution is -2.13. The Kier molecular flexibility index (Phi) is 8.62. The van der Waals surface area contributed by atoms with Crippen molar-refractivity contribution in [3.63, 3.8) is 0 Å². The van der Waals surface area contributed by atoms with Gasteiger partial charge in [-0.05, 0) is 35.6 Å². The Morgan fingerprint density at radius 3 is 1.89 bits per heavy atom. The fourth-order valence-electron chi connectivity index (χ4n) is 3.13. The molecule has 152 valence electrons. The van der Waals surface area contributed by atoms with Crippen LogP contribution in [0.1, 0.15) is 24.0 Å². The fraction of sp³-hybridized carbons (Fsp3) is 0.478. The van der Waals surface area contributed by atoms with Crippen molar-refractivity contribution in [1.82, 2.24) is 0 Å². The molecule has 5 heteroatoms. The van der Waals surface area contributed by atoms with Crippen LogP contribution in [0, 0.1) is 0 Å². The average Bonchev–Trinajstić information content (AvgIpc) is 2.73. The molecular formula is C23H30O5. The zero-order valence-corrected chi connectivity index (χ0v) is 16.6. The van der Waals surface area contributed by atoms with Crippen LogP contribution in [0.15, 0.2) is 48.5 Å². The molecule has 0 amide bonds. The highest BCUT2D eigenvalue weighted by molar-refractivity contribution is 5.43. The number of ether oxygens (including phenoxy) is 5. The van der Waals surface area contributed by atoms with Crippen molar-refractivity contribution < 1.29 is 23.7 Å². The first-order chi connectivity index (χ1) is 13.8. The van der Waals surface area contributed by atoms with Gasteiger partial charge in [-0.1, -0.05) is 43.3 Å². The second-order valence-electron chi connectivity index (χ2n) is 6.83. The van der Waals surface area contributed by atoms with Gasteiger partial charge in [-0.3, -0.25) is 0 Å². The maximum Gasteiger partial charge on any atom is 0.161 e. The summed E-state index contributed by atoms with van der Waals surface area (Å²) in [5.74, 6) is 1.93. The quantitative estimate of drug-likeness (QED) is 0.802. The van der Waals surface area contributed by atoms with E-state index in [1.165, 1.54) is 11.1 Å². The SMILES string of the molecule is CC(Cc1ccc2c(c1)OCCOCCOCCOCCO2)c1ccccc1. The van der Waals surface area contributed by atoms with Crippen molar-refractivity contribution in [2.75, 3.05) is 52.9 Å². The van der Waals surface area contributed by atoms with Gasteiger partial charge in [0.25, 0.3) is 0 Å². The first kappa shape index (κ1) is 20.6. The highest BCUT2D eigenvalue weighted by Gasteiger charge is 2.11. The van der Waals surface area contributed by atoms with E-state index < -0.39 is 0 Å². The van der Waals surface area contributed by atoms with Crippen molar-refractivity contribution >= 4 is 0 Å². The van der Waals surface area contributed by atoms with Crippen LogP contribution in [-0.4, -0.2) is 52.9 Å². The van der Waals surface area contributed by atoms with E-state index in [1.807, 2.05) is 12.1 Å². The molecule has 0 saturated heterocycles. The predicted molar refractivity (Wildman–Crippen MR) is 108 cm³/mol. The van der Waals surface area contributed by atoms with Gasteiger partial charge in [0.1, 0.15) is 13.2 Å². The summed E-state index contributed by atoms with van der Waals surface area (Å²) in [7, 11) is 0. The first-order valence-corrected chi connectivity index (χ1v) is 9.99. The van der Waals surface area contributed by atoms with E-state index in [0.717, 1.165) is 17.9 Å². The van der Waals surface area contributed by atoms with Crippen molar-refractivity contribution in [2.45, 2.75) is 19.3 Å². The van der Waals surface area contributed by atoms with Gasteiger partial charge in [0, 0.05) is 0 Å². The monoisotopic (exact) mass is 386 g/mol. The van der Waals surface area contributed by atoms with Crippen LogP contribution in [-0.2, 0) is 20.6 Å². The fourth-order valence-corrected chi connectivity index (χ4v) is 3.13. The van der Waals surface area contributed by atoms with Gasteiger partial charge in [0.15, 0.2) is 11.5 Å². The highest BCUT2D eigenvalue weighted by Crippen LogP contribution is 2.31. The van der Waals surface area contributed by atoms with E-state index in [1.54, 1.807) is 0 Å². The minimum absolute atomic E-state index is 0.430. The van der Waals surface area contributed by atoms with Gasteiger partial charge in [-0.15, -0.1) is 0 Å². The lowest BCUT2D eigenvalue weighted by molar-refractivity contribution is 0.00708. The van der Waals surface area contributed by atoms with Crippen molar-refractivity contribution in [1.29, 1.82) is 0 Å². The molecule has 1 heterocycles. The van der Waals surface area contributed by atoms with Crippen LogP contribution in [0.3, 0.4) is 0 Å². The molecule has 1 unspecified atom stereocenters. The molecule has 0 aliphatic carbocycles. The lowest BCUT2D eigenvalue weighted by Gasteiger charge is -2.16. The molecule has 1 atom stereocenters. The lowest BCUT2D eigenvalue weighted by atomic mass is 9.94. The summed E-state index contributed by atoms with van der Waals surface area (Å²) in [5.41, 5.74) is 2.56. The normalized spacial score (nSPS) is 17.9. The van der Waals surface area contributed by atoms with Crippen molar-refractivity contribution in [3.05, 3.63) is 59.7 Å². The summed E-state index contributed by atoms with van der Waals surface area (Å²) < 4.78 is 28.3. The van der Waals surface area contributed by atoms with Crippen molar-refractivity contribution in [2.24, 2.45) is 0 Å². The van der Waals surface area contributed by atoms with Gasteiger partial charge in [0.2, 0.25) is 0 Å². The zero-order valence-electron chi connectivity index (χ0n) is 16.6. The Balaban J connectivity index is 1.65. The van der Waals surface area contributed by atoms with E-state index >= 15 is 0 Å². The summed E-state index contributed by atoms with van der Waals surface area (Å²) in [4.78, 5) is 0. The number of benzene rings is 2. The molecule has 2 aromatic carbocycles. The Morgan fingerprint density at radius 1 is 0.679 bits per heavy atom. The molecule has 0 radical (unpaired) electrons. The number of rotatable bonds is 3. The topological polar surface area (TPSA) is 46.2 Å². The third-order valence-corrected chi connectivity index (χ3v) is 4.63. The molecule has 0 fully saturated rings. The second-order valence-corrected chi connectivity index (χ2v) is 6.83. The molecule has 1 aliphatic rings. The molecule has 2 aromatic rings. The third-order valence-electron chi connectivity index (χ3n) is 4.63. The minimum Gasteiger partial charge on any atom is -0.487 e. The molecule has 0 bridgehead atoms. The number of hydrogen-bond acceptors (Lipinski definition) is 5. The predicted octanol–water partition coefficient (Wildman–Crippen LogP) is 3.85. The third kappa shape index (κ3) is 6.82. The summed E-state index contributed by atoms with van der Waals surface area (Å²) in [6.45, 7) is 6.49. The van der Waals surface area contributed by atoms with E-state index in [-0.39, 0.29) is 0 Å². The first-order valence-electron chi connectivity index (χ1n) is 9.99. The van der Waals surface area contributed by atoms with Gasteiger partial charge >= 0.3 is 0 Å². The highest BCUT2D eigenvalue weighted by atomic mass is 16.6. The van der Waals surface area contributed by atoms with Crippen LogP contribution in [0.2, 0.25) is 0 Å². The van der Waals surface area contributed by atoms with E-state index in [9.17, 15) is 0 Å². The summed E-state index contributed by atoms with van der Waals surface area (Å²) in [6.07, 6.45) is 0.942. The molecule has 0 saturated carbocycles. The summed E-state index contributed by atoms with van der Waals surface area (Å²) in [5, 5.41) is 0. The number of hydrogen-bond donors (Lipinski definition) is 0. The Bertz CT molecular complexity index is 689. The molecule has 0 N–H and O–H groups in total. The van der Waals surface area contributed by atoms with Gasteiger partial charge in [-0.2, -0.15) is 0 Å². The Labute approximate surface area is 167 Å². The molecular weight excluding hydrogens is 356 g/mol. The maximum absolute atomic E-state index is 5.96. The van der Waals surface area contributed by atoms with Crippen LogP contribution < -0.4 is 9.47 Å². The second kappa shape index (κ2) is 11.7. The Morgan fingerprint density at radius 2 is 1.25 bits per heavy atom. The molecule has 28 heavy (non-hydrogen) atoms. The van der Waals surface area contributed by atoms with Gasteiger partial charge < -0.3 is 23.7 Å². The zero-order chi connectivity index (χ0) is 19.4. The van der Waals surface area contributed by atoms with E-state index in [4.69, 9.17) is 23.7 Å². The molecule has 5 nitrogen and oxygen atoms in total. The van der Waals surface area contributed by atoms with Crippen LogP contribution >= 0.6 is 0 Å². The Hall–Kier alpha value is -2.08. The van der Waals surface area contributed by atoms with Gasteiger partial charge in [0.05, 0.1) is 39.6 Å². The van der Waals surface area contributed by atoms with Gasteiger partial charge in [-0.25, -0.2) is 0 Å².